The number of benzene rings is 2. The Morgan fingerprint density at radius 3 is 2.75 bits per heavy atom. The van der Waals surface area contributed by atoms with E-state index in [2.05, 4.69) is 22.0 Å². The topological polar surface area (TPSA) is 20.2 Å². The maximum absolute atomic E-state index is 13.5. The van der Waals surface area contributed by atoms with Crippen LogP contribution >= 0.6 is 15.9 Å². The van der Waals surface area contributed by atoms with E-state index in [0.717, 1.165) is 22.0 Å². The SMILES string of the molecule is Cc1ccc(F)cc1C1(O)CCc2cc(Br)ccc2C1. The molecular weight excluding hydrogens is 319 g/mol. The Morgan fingerprint density at radius 2 is 1.95 bits per heavy atom. The van der Waals surface area contributed by atoms with Crippen molar-refractivity contribution in [1.29, 1.82) is 0 Å². The van der Waals surface area contributed by atoms with Crippen LogP contribution in [-0.2, 0) is 18.4 Å². The molecule has 1 N–H and O–H groups in total. The van der Waals surface area contributed by atoms with Crippen molar-refractivity contribution in [3.63, 3.8) is 0 Å². The van der Waals surface area contributed by atoms with Crippen molar-refractivity contribution in [2.45, 2.75) is 31.8 Å². The molecule has 0 saturated heterocycles. The number of aliphatic hydroxyl groups is 1. The lowest BCUT2D eigenvalue weighted by molar-refractivity contribution is 0.0213. The van der Waals surface area contributed by atoms with Crippen LogP contribution < -0.4 is 0 Å². The van der Waals surface area contributed by atoms with E-state index in [9.17, 15) is 9.50 Å². The van der Waals surface area contributed by atoms with E-state index in [1.807, 2.05) is 19.1 Å². The summed E-state index contributed by atoms with van der Waals surface area (Å²) in [5.41, 5.74) is 3.09. The van der Waals surface area contributed by atoms with Crippen molar-refractivity contribution in [3.05, 3.63) is 68.9 Å². The molecule has 2 aromatic carbocycles. The Kier molecular flexibility index (Phi) is 3.43. The molecule has 1 aliphatic carbocycles. The van der Waals surface area contributed by atoms with Crippen molar-refractivity contribution in [2.75, 3.05) is 0 Å². The smallest absolute Gasteiger partial charge is 0.123 e. The molecule has 0 aromatic heterocycles. The minimum atomic E-state index is -0.965. The molecule has 0 bridgehead atoms. The van der Waals surface area contributed by atoms with Gasteiger partial charge in [0.2, 0.25) is 0 Å². The first-order valence-electron chi connectivity index (χ1n) is 6.74. The van der Waals surface area contributed by atoms with Gasteiger partial charge in [-0.25, -0.2) is 4.39 Å². The van der Waals surface area contributed by atoms with Gasteiger partial charge in [0.1, 0.15) is 5.82 Å². The van der Waals surface area contributed by atoms with Gasteiger partial charge in [0.25, 0.3) is 0 Å². The summed E-state index contributed by atoms with van der Waals surface area (Å²) in [7, 11) is 0. The Balaban J connectivity index is 2.02. The quantitative estimate of drug-likeness (QED) is 0.825. The summed E-state index contributed by atoms with van der Waals surface area (Å²) in [6.07, 6.45) is 1.97. The van der Waals surface area contributed by atoms with Crippen molar-refractivity contribution in [3.8, 4) is 0 Å². The second kappa shape index (κ2) is 4.97. The fourth-order valence-electron chi connectivity index (χ4n) is 3.07. The predicted molar refractivity (Wildman–Crippen MR) is 81.2 cm³/mol. The molecule has 3 rings (SSSR count). The van der Waals surface area contributed by atoms with Gasteiger partial charge in [-0.05, 0) is 66.3 Å². The van der Waals surface area contributed by atoms with E-state index in [-0.39, 0.29) is 5.82 Å². The van der Waals surface area contributed by atoms with E-state index in [1.54, 1.807) is 6.07 Å². The molecule has 104 valence electrons. The fourth-order valence-corrected chi connectivity index (χ4v) is 3.48. The molecule has 0 spiro atoms. The molecule has 0 amide bonds. The van der Waals surface area contributed by atoms with Crippen LogP contribution in [0.1, 0.15) is 28.7 Å². The van der Waals surface area contributed by atoms with Crippen LogP contribution in [-0.4, -0.2) is 5.11 Å². The van der Waals surface area contributed by atoms with E-state index in [1.165, 1.54) is 17.7 Å². The van der Waals surface area contributed by atoms with Crippen LogP contribution in [0, 0.1) is 12.7 Å². The van der Waals surface area contributed by atoms with Gasteiger partial charge in [0.05, 0.1) is 5.60 Å². The second-order valence-corrected chi connectivity index (χ2v) is 6.50. The lowest BCUT2D eigenvalue weighted by Crippen LogP contribution is -2.34. The van der Waals surface area contributed by atoms with Gasteiger partial charge >= 0.3 is 0 Å². The molecule has 20 heavy (non-hydrogen) atoms. The molecular formula is C17H16BrFO. The first-order valence-corrected chi connectivity index (χ1v) is 7.53. The van der Waals surface area contributed by atoms with Gasteiger partial charge in [0.15, 0.2) is 0 Å². The molecule has 0 fully saturated rings. The Labute approximate surface area is 126 Å². The minimum Gasteiger partial charge on any atom is -0.385 e. The van der Waals surface area contributed by atoms with Crippen LogP contribution in [0.5, 0.6) is 0 Å². The highest BCUT2D eigenvalue weighted by Crippen LogP contribution is 2.38. The third-order valence-corrected chi connectivity index (χ3v) is 4.65. The van der Waals surface area contributed by atoms with Crippen LogP contribution in [0.15, 0.2) is 40.9 Å². The zero-order chi connectivity index (χ0) is 14.3. The molecule has 1 atom stereocenters. The highest BCUT2D eigenvalue weighted by molar-refractivity contribution is 9.10. The second-order valence-electron chi connectivity index (χ2n) is 5.58. The highest BCUT2D eigenvalue weighted by atomic mass is 79.9. The van der Waals surface area contributed by atoms with Crippen LogP contribution in [0.4, 0.5) is 4.39 Å². The molecule has 0 radical (unpaired) electrons. The zero-order valence-electron chi connectivity index (χ0n) is 11.3. The number of aryl methyl sites for hydroxylation is 2. The fraction of sp³-hybridized carbons (Fsp3) is 0.294. The Morgan fingerprint density at radius 1 is 1.15 bits per heavy atom. The summed E-state index contributed by atoms with van der Waals surface area (Å²) in [4.78, 5) is 0. The maximum atomic E-state index is 13.5. The third-order valence-electron chi connectivity index (χ3n) is 4.16. The Bertz CT molecular complexity index is 668. The van der Waals surface area contributed by atoms with Crippen LogP contribution in [0.25, 0.3) is 0 Å². The normalized spacial score (nSPS) is 21.6. The van der Waals surface area contributed by atoms with E-state index in [0.29, 0.717) is 18.4 Å². The molecule has 0 saturated carbocycles. The number of halogens is 2. The molecule has 1 unspecified atom stereocenters. The van der Waals surface area contributed by atoms with E-state index >= 15 is 0 Å². The number of hydrogen-bond donors (Lipinski definition) is 1. The van der Waals surface area contributed by atoms with Gasteiger partial charge in [-0.3, -0.25) is 0 Å². The standard InChI is InChI=1S/C17H16BrFO/c1-11-2-5-15(19)9-16(11)17(20)7-6-12-8-14(18)4-3-13(12)10-17/h2-5,8-9,20H,6-7,10H2,1H3. The molecule has 0 heterocycles. The average Bonchev–Trinajstić information content (AvgIpc) is 2.42. The molecule has 3 heteroatoms. The first kappa shape index (κ1) is 13.8. The van der Waals surface area contributed by atoms with Crippen LogP contribution in [0.2, 0.25) is 0 Å². The van der Waals surface area contributed by atoms with Crippen molar-refractivity contribution in [1.82, 2.24) is 0 Å². The minimum absolute atomic E-state index is 0.291. The summed E-state index contributed by atoms with van der Waals surface area (Å²) in [5, 5.41) is 11.0. The highest BCUT2D eigenvalue weighted by Gasteiger charge is 2.35. The largest absolute Gasteiger partial charge is 0.385 e. The maximum Gasteiger partial charge on any atom is 0.123 e. The van der Waals surface area contributed by atoms with Crippen molar-refractivity contribution in [2.24, 2.45) is 0 Å². The summed E-state index contributed by atoms with van der Waals surface area (Å²) >= 11 is 3.47. The number of hydrogen-bond acceptors (Lipinski definition) is 1. The van der Waals surface area contributed by atoms with Gasteiger partial charge in [0, 0.05) is 10.9 Å². The number of fused-ring (bicyclic) bond motifs is 1. The van der Waals surface area contributed by atoms with Gasteiger partial charge < -0.3 is 5.11 Å². The monoisotopic (exact) mass is 334 g/mol. The summed E-state index contributed by atoms with van der Waals surface area (Å²) in [6, 6.07) is 10.8. The summed E-state index contributed by atoms with van der Waals surface area (Å²) in [5.74, 6) is -0.291. The molecule has 1 nitrogen and oxygen atoms in total. The van der Waals surface area contributed by atoms with E-state index < -0.39 is 5.60 Å². The lowest BCUT2D eigenvalue weighted by atomic mass is 9.75. The number of rotatable bonds is 1. The van der Waals surface area contributed by atoms with Crippen molar-refractivity contribution < 1.29 is 9.50 Å². The summed E-state index contributed by atoms with van der Waals surface area (Å²) in [6.45, 7) is 1.92. The average molecular weight is 335 g/mol. The van der Waals surface area contributed by atoms with E-state index in [4.69, 9.17) is 0 Å². The Hall–Kier alpha value is -1.19. The first-order chi connectivity index (χ1) is 9.48. The molecule has 1 aliphatic rings. The van der Waals surface area contributed by atoms with Gasteiger partial charge in [-0.1, -0.05) is 28.1 Å². The van der Waals surface area contributed by atoms with Crippen LogP contribution in [0.3, 0.4) is 0 Å². The molecule has 0 aliphatic heterocycles. The lowest BCUT2D eigenvalue weighted by Gasteiger charge is -2.35. The molecule has 2 aromatic rings. The van der Waals surface area contributed by atoms with Crippen molar-refractivity contribution >= 4 is 15.9 Å². The van der Waals surface area contributed by atoms with Gasteiger partial charge in [-0.2, -0.15) is 0 Å². The zero-order valence-corrected chi connectivity index (χ0v) is 12.9. The summed E-state index contributed by atoms with van der Waals surface area (Å²) < 4.78 is 14.6. The third kappa shape index (κ3) is 2.40. The predicted octanol–water partition coefficient (Wildman–Crippen LogP) is 4.27. The van der Waals surface area contributed by atoms with Gasteiger partial charge in [-0.15, -0.1) is 0 Å².